The van der Waals surface area contributed by atoms with Gasteiger partial charge in [-0.05, 0) is 31.1 Å². The second kappa shape index (κ2) is 3.16. The monoisotopic (exact) mass is 132 g/mol. The third kappa shape index (κ3) is 1.65. The van der Waals surface area contributed by atoms with Gasteiger partial charge in [-0.15, -0.1) is 0 Å². The van der Waals surface area contributed by atoms with E-state index < -0.39 is 0 Å². The maximum atomic E-state index is 11.9. The van der Waals surface area contributed by atoms with Gasteiger partial charge < -0.3 is 5.11 Å². The number of alkyl halides is 1. The molecule has 0 bridgehead atoms. The molecule has 0 radical (unpaired) electrons. The van der Waals surface area contributed by atoms with E-state index >= 15 is 0 Å². The molecule has 1 aliphatic carbocycles. The Balaban J connectivity index is 2.20. The molecule has 1 nitrogen and oxygen atoms in total. The maximum Gasteiger partial charge on any atom is 0.0922 e. The second-order valence-electron chi connectivity index (χ2n) is 2.88. The molecule has 0 aromatic carbocycles. The Bertz CT molecular complexity index is 75.0. The minimum Gasteiger partial charge on any atom is -0.396 e. The van der Waals surface area contributed by atoms with E-state index in [2.05, 4.69) is 0 Å². The van der Waals surface area contributed by atoms with Crippen LogP contribution in [0.5, 0.6) is 0 Å². The average molecular weight is 132 g/mol. The first kappa shape index (κ1) is 7.00. The van der Waals surface area contributed by atoms with Crippen molar-refractivity contribution in [1.82, 2.24) is 0 Å². The van der Waals surface area contributed by atoms with Crippen molar-refractivity contribution in [3.63, 3.8) is 0 Å². The van der Waals surface area contributed by atoms with E-state index in [1.54, 1.807) is 0 Å². The Morgan fingerprint density at radius 2 is 2.00 bits per heavy atom. The lowest BCUT2D eigenvalue weighted by atomic mass is 10.1. The van der Waals surface area contributed by atoms with Gasteiger partial charge in [0.25, 0.3) is 0 Å². The molecule has 0 spiro atoms. The average Bonchev–Trinajstić information content (AvgIpc) is 2.34. The van der Waals surface area contributed by atoms with Crippen LogP contribution in [-0.4, -0.2) is 18.4 Å². The molecule has 54 valence electrons. The molecular formula is C7H13FO. The molecule has 1 saturated carbocycles. The molecule has 0 heterocycles. The topological polar surface area (TPSA) is 20.2 Å². The first-order valence-corrected chi connectivity index (χ1v) is 3.53. The van der Waals surface area contributed by atoms with Crippen molar-refractivity contribution in [2.24, 2.45) is 11.8 Å². The lowest BCUT2D eigenvalue weighted by Gasteiger charge is -2.02. The van der Waals surface area contributed by atoms with Crippen molar-refractivity contribution in [2.75, 3.05) is 13.3 Å². The fraction of sp³-hybridized carbons (Fsp3) is 1.00. The minimum atomic E-state index is -0.198. The number of aliphatic hydroxyl groups is 1. The van der Waals surface area contributed by atoms with Crippen molar-refractivity contribution in [3.05, 3.63) is 0 Å². The first-order valence-electron chi connectivity index (χ1n) is 3.53. The van der Waals surface area contributed by atoms with Crippen LogP contribution in [0.1, 0.15) is 19.3 Å². The first-order chi connectivity index (χ1) is 4.36. The molecule has 0 aromatic heterocycles. The molecule has 2 atom stereocenters. The summed E-state index contributed by atoms with van der Waals surface area (Å²) in [5.74, 6) is 0.646. The lowest BCUT2D eigenvalue weighted by molar-refractivity contribution is 0.223. The molecular weight excluding hydrogens is 119 g/mol. The van der Waals surface area contributed by atoms with E-state index in [1.807, 2.05) is 0 Å². The normalized spacial score (nSPS) is 35.3. The third-order valence-electron chi connectivity index (χ3n) is 2.13. The van der Waals surface area contributed by atoms with E-state index in [-0.39, 0.29) is 19.2 Å². The molecule has 1 fully saturated rings. The molecule has 0 aromatic rings. The van der Waals surface area contributed by atoms with Gasteiger partial charge in [0, 0.05) is 6.61 Å². The van der Waals surface area contributed by atoms with E-state index in [0.29, 0.717) is 5.92 Å². The molecule has 9 heavy (non-hydrogen) atoms. The highest BCUT2D eigenvalue weighted by molar-refractivity contribution is 4.73. The summed E-state index contributed by atoms with van der Waals surface area (Å²) in [6, 6.07) is 0. The van der Waals surface area contributed by atoms with Crippen LogP contribution < -0.4 is 0 Å². The molecule has 0 amide bonds. The summed E-state index contributed by atoms with van der Waals surface area (Å²) in [5.41, 5.74) is 0. The molecule has 1 aliphatic rings. The zero-order valence-electron chi connectivity index (χ0n) is 5.52. The second-order valence-corrected chi connectivity index (χ2v) is 2.88. The number of hydrogen-bond acceptors (Lipinski definition) is 1. The van der Waals surface area contributed by atoms with Gasteiger partial charge in [0.1, 0.15) is 0 Å². The van der Waals surface area contributed by atoms with E-state index in [9.17, 15) is 4.39 Å². The quantitative estimate of drug-likeness (QED) is 0.601. The van der Waals surface area contributed by atoms with Crippen molar-refractivity contribution < 1.29 is 9.50 Å². The molecule has 2 heteroatoms. The van der Waals surface area contributed by atoms with E-state index in [1.165, 1.54) is 0 Å². The van der Waals surface area contributed by atoms with Gasteiger partial charge in [-0.2, -0.15) is 0 Å². The van der Waals surface area contributed by atoms with Crippen molar-refractivity contribution in [1.29, 1.82) is 0 Å². The third-order valence-corrected chi connectivity index (χ3v) is 2.13. The Morgan fingerprint density at radius 3 is 2.33 bits per heavy atom. The molecule has 1 rings (SSSR count). The van der Waals surface area contributed by atoms with Crippen LogP contribution >= 0.6 is 0 Å². The minimum absolute atomic E-state index is 0.198. The van der Waals surface area contributed by atoms with Gasteiger partial charge in [-0.3, -0.25) is 4.39 Å². The van der Waals surface area contributed by atoms with E-state index in [0.717, 1.165) is 19.3 Å². The Labute approximate surface area is 54.9 Å². The van der Waals surface area contributed by atoms with Crippen molar-refractivity contribution in [3.8, 4) is 0 Å². The SMILES string of the molecule is OCC1CCC(CF)C1. The standard InChI is InChI=1S/C7H13FO/c8-4-6-1-2-7(3-6)5-9/h6-7,9H,1-5H2. The number of rotatable bonds is 2. The maximum absolute atomic E-state index is 11.9. The smallest absolute Gasteiger partial charge is 0.0922 e. The fourth-order valence-electron chi connectivity index (χ4n) is 1.48. The summed E-state index contributed by atoms with van der Waals surface area (Å²) in [6.07, 6.45) is 2.89. The highest BCUT2D eigenvalue weighted by atomic mass is 19.1. The Kier molecular flexibility index (Phi) is 2.46. The summed E-state index contributed by atoms with van der Waals surface area (Å²) < 4.78 is 11.9. The van der Waals surface area contributed by atoms with Crippen LogP contribution in [0.4, 0.5) is 4.39 Å². The van der Waals surface area contributed by atoms with Gasteiger partial charge >= 0.3 is 0 Å². The highest BCUT2D eigenvalue weighted by Crippen LogP contribution is 2.30. The summed E-state index contributed by atoms with van der Waals surface area (Å²) in [4.78, 5) is 0. The predicted molar refractivity (Wildman–Crippen MR) is 33.9 cm³/mol. The lowest BCUT2D eigenvalue weighted by Crippen LogP contribution is -2.01. The molecule has 2 unspecified atom stereocenters. The molecule has 1 N–H and O–H groups in total. The van der Waals surface area contributed by atoms with Crippen LogP contribution in [-0.2, 0) is 0 Å². The van der Waals surface area contributed by atoms with Crippen LogP contribution in [0.25, 0.3) is 0 Å². The highest BCUT2D eigenvalue weighted by Gasteiger charge is 2.23. The molecule has 0 aliphatic heterocycles. The number of hydrogen-bond donors (Lipinski definition) is 1. The summed E-state index contributed by atoms with van der Waals surface area (Å²) >= 11 is 0. The number of halogens is 1. The van der Waals surface area contributed by atoms with Gasteiger partial charge in [0.2, 0.25) is 0 Å². The van der Waals surface area contributed by atoms with Crippen molar-refractivity contribution in [2.45, 2.75) is 19.3 Å². The van der Waals surface area contributed by atoms with Crippen LogP contribution in [0.2, 0.25) is 0 Å². The van der Waals surface area contributed by atoms with Gasteiger partial charge in [-0.25, -0.2) is 0 Å². The fourth-order valence-corrected chi connectivity index (χ4v) is 1.48. The van der Waals surface area contributed by atoms with Crippen LogP contribution in [0.3, 0.4) is 0 Å². The van der Waals surface area contributed by atoms with Crippen LogP contribution in [0.15, 0.2) is 0 Å². The Hall–Kier alpha value is -0.110. The van der Waals surface area contributed by atoms with Crippen molar-refractivity contribution >= 4 is 0 Å². The zero-order chi connectivity index (χ0) is 6.69. The largest absolute Gasteiger partial charge is 0.396 e. The summed E-state index contributed by atoms with van der Waals surface area (Å²) in [5, 5.41) is 8.66. The molecule has 0 saturated heterocycles. The summed E-state index contributed by atoms with van der Waals surface area (Å²) in [7, 11) is 0. The predicted octanol–water partition coefficient (Wildman–Crippen LogP) is 1.36. The van der Waals surface area contributed by atoms with Gasteiger partial charge in [0.15, 0.2) is 0 Å². The summed E-state index contributed by atoms with van der Waals surface area (Å²) in [6.45, 7) is 0.0486. The van der Waals surface area contributed by atoms with Gasteiger partial charge in [-0.1, -0.05) is 0 Å². The van der Waals surface area contributed by atoms with Gasteiger partial charge in [0.05, 0.1) is 6.67 Å². The van der Waals surface area contributed by atoms with E-state index in [4.69, 9.17) is 5.11 Å². The number of aliphatic hydroxyl groups excluding tert-OH is 1. The Morgan fingerprint density at radius 1 is 1.33 bits per heavy atom. The zero-order valence-corrected chi connectivity index (χ0v) is 5.52. The van der Waals surface area contributed by atoms with Crippen LogP contribution in [0, 0.1) is 11.8 Å².